The molecule has 0 aromatic rings. The maximum atomic E-state index is 8.99. The van der Waals surface area contributed by atoms with Crippen LogP contribution in [0, 0.1) is 0 Å². The van der Waals surface area contributed by atoms with Crippen LogP contribution in [0.5, 0.6) is 0 Å². The van der Waals surface area contributed by atoms with Gasteiger partial charge in [-0.1, -0.05) is 0 Å². The first-order valence-electron chi connectivity index (χ1n) is 4.40. The van der Waals surface area contributed by atoms with Gasteiger partial charge in [0, 0.05) is 13.2 Å². The van der Waals surface area contributed by atoms with Crippen molar-refractivity contribution in [2.45, 2.75) is 12.8 Å². The van der Waals surface area contributed by atoms with E-state index in [0.29, 0.717) is 12.8 Å². The highest BCUT2D eigenvalue weighted by molar-refractivity contribution is 6.49. The smallest absolute Gasteiger partial charge is 0.396 e. The Morgan fingerprint density at radius 3 is 1.53 bits per heavy atom. The molecule has 0 aromatic heterocycles. The molecule has 0 spiro atoms. The number of hydrogen-bond donors (Lipinski definition) is 4. The molecule has 0 amide bonds. The van der Waals surface area contributed by atoms with E-state index in [1.807, 2.05) is 0 Å². The monoisotopic (exact) mass is 244 g/mol. The van der Waals surface area contributed by atoms with Crippen molar-refractivity contribution in [3.8, 4) is 0 Å². The van der Waals surface area contributed by atoms with Gasteiger partial charge >= 0.3 is 9.05 Å². The molecule has 0 bridgehead atoms. The van der Waals surface area contributed by atoms with E-state index in [2.05, 4.69) is 18.9 Å². The Kier molecular flexibility index (Phi) is 9.08. The Morgan fingerprint density at radius 1 is 0.800 bits per heavy atom. The Hall–Kier alpha value is -0.103. The fraction of sp³-hybridized carbons (Fsp3) is 1.00. The van der Waals surface area contributed by atoms with Crippen LogP contribution >= 0.6 is 0 Å². The summed E-state index contributed by atoms with van der Waals surface area (Å²) in [7, 11) is -4.41. The van der Waals surface area contributed by atoms with Crippen LogP contribution in [0.15, 0.2) is 0 Å². The first-order chi connectivity index (χ1) is 7.12. The predicted molar refractivity (Wildman–Crippen MR) is 47.7 cm³/mol. The Morgan fingerprint density at radius 2 is 1.20 bits per heavy atom. The standard InChI is InChI=1S/C6H16O8Si/c7-3-1-5-11-13-15(9,10)14-12-6-2-4-8/h7-10H,1-6H2. The lowest BCUT2D eigenvalue weighted by molar-refractivity contribution is -0.332. The van der Waals surface area contributed by atoms with Gasteiger partial charge in [0.2, 0.25) is 0 Å². The summed E-state index contributed by atoms with van der Waals surface area (Å²) in [6.45, 7) is -0.177. The molecule has 0 radical (unpaired) electrons. The fourth-order valence-electron chi connectivity index (χ4n) is 0.498. The van der Waals surface area contributed by atoms with E-state index < -0.39 is 9.05 Å². The van der Waals surface area contributed by atoms with Crippen molar-refractivity contribution >= 4 is 9.05 Å². The van der Waals surface area contributed by atoms with Crippen molar-refractivity contribution in [3.05, 3.63) is 0 Å². The molecular formula is C6H16O8Si. The van der Waals surface area contributed by atoms with E-state index in [9.17, 15) is 0 Å². The third-order valence-electron chi connectivity index (χ3n) is 1.11. The van der Waals surface area contributed by atoms with Gasteiger partial charge in [0.25, 0.3) is 0 Å². The van der Waals surface area contributed by atoms with Gasteiger partial charge < -0.3 is 19.8 Å². The van der Waals surface area contributed by atoms with Crippen LogP contribution in [0.2, 0.25) is 0 Å². The molecule has 15 heavy (non-hydrogen) atoms. The molecule has 0 unspecified atom stereocenters. The van der Waals surface area contributed by atoms with Crippen LogP contribution in [-0.4, -0.2) is 55.3 Å². The van der Waals surface area contributed by atoms with Gasteiger partial charge in [0.05, 0.1) is 13.2 Å². The molecule has 0 atom stereocenters. The molecule has 9 heteroatoms. The van der Waals surface area contributed by atoms with E-state index in [4.69, 9.17) is 19.8 Å². The number of rotatable bonds is 10. The largest absolute Gasteiger partial charge is 0.730 e. The normalized spacial score (nSPS) is 12.0. The fourth-order valence-corrected chi connectivity index (χ4v) is 0.999. The van der Waals surface area contributed by atoms with Gasteiger partial charge in [-0.2, -0.15) is 9.15 Å². The van der Waals surface area contributed by atoms with Crippen molar-refractivity contribution < 1.29 is 38.7 Å². The minimum atomic E-state index is -4.41. The molecule has 0 saturated heterocycles. The minimum Gasteiger partial charge on any atom is -0.396 e. The summed E-state index contributed by atoms with van der Waals surface area (Å²) in [5.74, 6) is 0. The Labute approximate surface area is 87.9 Å². The second kappa shape index (κ2) is 9.15. The van der Waals surface area contributed by atoms with Gasteiger partial charge in [-0.05, 0) is 12.8 Å². The van der Waals surface area contributed by atoms with Crippen LogP contribution in [0.25, 0.3) is 0 Å². The summed E-state index contributed by atoms with van der Waals surface area (Å²) in [5, 5.41) is 16.7. The van der Waals surface area contributed by atoms with Crippen LogP contribution in [-0.2, 0) is 18.9 Å². The lowest BCUT2D eigenvalue weighted by Crippen LogP contribution is -2.43. The number of aliphatic hydroxyl groups is 2. The number of aliphatic hydroxyl groups excluding tert-OH is 2. The van der Waals surface area contributed by atoms with Gasteiger partial charge in [0.1, 0.15) is 0 Å². The highest BCUT2D eigenvalue weighted by Gasteiger charge is 2.40. The molecular weight excluding hydrogens is 228 g/mol. The van der Waals surface area contributed by atoms with Crippen LogP contribution in [0.4, 0.5) is 0 Å². The third kappa shape index (κ3) is 10.2. The highest BCUT2D eigenvalue weighted by atomic mass is 28.4. The van der Waals surface area contributed by atoms with Gasteiger partial charge in [-0.15, -0.1) is 0 Å². The summed E-state index contributed by atoms with van der Waals surface area (Å²) < 4.78 is 8.28. The molecule has 4 N–H and O–H groups in total. The van der Waals surface area contributed by atoms with Crippen LogP contribution in [0.3, 0.4) is 0 Å². The van der Waals surface area contributed by atoms with Crippen molar-refractivity contribution in [1.29, 1.82) is 0 Å². The second-order valence-electron chi connectivity index (χ2n) is 2.51. The minimum absolute atomic E-state index is 0.00632. The quantitative estimate of drug-likeness (QED) is 0.152. The molecule has 8 nitrogen and oxygen atoms in total. The summed E-state index contributed by atoms with van der Waals surface area (Å²) >= 11 is 0. The van der Waals surface area contributed by atoms with Crippen LogP contribution in [0.1, 0.15) is 12.8 Å². The predicted octanol–water partition coefficient (Wildman–Crippen LogP) is -1.93. The summed E-state index contributed by atoms with van der Waals surface area (Å²) in [6.07, 6.45) is 0.603. The van der Waals surface area contributed by atoms with Crippen molar-refractivity contribution in [3.63, 3.8) is 0 Å². The lowest BCUT2D eigenvalue weighted by atomic mass is 10.5. The van der Waals surface area contributed by atoms with E-state index in [1.165, 1.54) is 0 Å². The zero-order valence-corrected chi connectivity index (χ0v) is 9.16. The molecule has 0 rings (SSSR count). The first-order valence-corrected chi connectivity index (χ1v) is 6.11. The summed E-state index contributed by atoms with van der Waals surface area (Å²) in [6, 6.07) is 0. The summed E-state index contributed by atoms with van der Waals surface area (Å²) in [4.78, 5) is 26.7. The molecule has 0 saturated carbocycles. The molecule has 0 fully saturated rings. The maximum Gasteiger partial charge on any atom is 0.730 e. The van der Waals surface area contributed by atoms with Crippen molar-refractivity contribution in [2.24, 2.45) is 0 Å². The van der Waals surface area contributed by atoms with Crippen molar-refractivity contribution in [2.75, 3.05) is 26.4 Å². The molecule has 0 heterocycles. The molecule has 0 aliphatic carbocycles. The van der Waals surface area contributed by atoms with Gasteiger partial charge in [-0.3, -0.25) is 0 Å². The Balaban J connectivity index is 3.40. The number of hydrogen-bond acceptors (Lipinski definition) is 8. The van der Waals surface area contributed by atoms with Gasteiger partial charge in [0.15, 0.2) is 0 Å². The zero-order valence-electron chi connectivity index (χ0n) is 8.16. The molecule has 0 aliphatic heterocycles. The van der Waals surface area contributed by atoms with E-state index in [-0.39, 0.29) is 26.4 Å². The molecule has 92 valence electrons. The Bertz CT molecular complexity index is 129. The average molecular weight is 244 g/mol. The topological polar surface area (TPSA) is 118 Å². The zero-order chi connectivity index (χ0) is 11.6. The van der Waals surface area contributed by atoms with E-state index >= 15 is 0 Å². The third-order valence-corrected chi connectivity index (χ3v) is 1.78. The SMILES string of the molecule is OCCCOO[Si](O)(O)OOCCCO. The first kappa shape index (κ1) is 14.9. The highest BCUT2D eigenvalue weighted by Crippen LogP contribution is 2.00. The van der Waals surface area contributed by atoms with E-state index in [1.54, 1.807) is 0 Å². The second-order valence-corrected chi connectivity index (χ2v) is 3.94. The molecule has 0 aromatic carbocycles. The summed E-state index contributed by atoms with van der Waals surface area (Å²) in [5.41, 5.74) is 0. The van der Waals surface area contributed by atoms with Crippen molar-refractivity contribution in [1.82, 2.24) is 0 Å². The van der Waals surface area contributed by atoms with Crippen LogP contribution < -0.4 is 0 Å². The lowest BCUT2D eigenvalue weighted by Gasteiger charge is -2.14. The maximum absolute atomic E-state index is 8.99. The van der Waals surface area contributed by atoms with E-state index in [0.717, 1.165) is 0 Å². The van der Waals surface area contributed by atoms with Gasteiger partial charge in [-0.25, -0.2) is 9.78 Å². The average Bonchev–Trinajstić information content (AvgIpc) is 2.20. The molecule has 0 aliphatic rings.